The molecule has 0 bridgehead atoms. The van der Waals surface area contributed by atoms with Gasteiger partial charge in [0, 0.05) is 25.8 Å². The van der Waals surface area contributed by atoms with Crippen molar-refractivity contribution in [1.82, 2.24) is 4.90 Å². The van der Waals surface area contributed by atoms with Gasteiger partial charge in [-0.05, 0) is 37.8 Å². The van der Waals surface area contributed by atoms with Crippen LogP contribution in [0.15, 0.2) is 17.5 Å². The second-order valence-corrected chi connectivity index (χ2v) is 10.7. The molecule has 1 aromatic heterocycles. The summed E-state index contributed by atoms with van der Waals surface area (Å²) in [5.74, 6) is -4.87. The summed E-state index contributed by atoms with van der Waals surface area (Å²) < 4.78 is 15.4. The van der Waals surface area contributed by atoms with E-state index in [-0.39, 0.29) is 64.9 Å². The Kier molecular flexibility index (Phi) is 11.1. The summed E-state index contributed by atoms with van der Waals surface area (Å²) in [6.45, 7) is 4.21. The van der Waals surface area contributed by atoms with Gasteiger partial charge in [0.15, 0.2) is 5.92 Å². The van der Waals surface area contributed by atoms with Crippen molar-refractivity contribution in [2.75, 3.05) is 38.4 Å². The Bertz CT molecular complexity index is 997. The number of β-lactam (4-membered cyclic amide) rings is 1. The molecule has 3 rings (SSSR count). The van der Waals surface area contributed by atoms with Crippen molar-refractivity contribution in [3.63, 3.8) is 0 Å². The van der Waals surface area contributed by atoms with Crippen LogP contribution < -0.4 is 23.8 Å². The van der Waals surface area contributed by atoms with Gasteiger partial charge >= 0.3 is 36.8 Å². The summed E-state index contributed by atoms with van der Waals surface area (Å²) in [6.07, 6.45) is -0.192. The molecule has 0 spiro atoms. The number of rotatable bonds is 11. The fourth-order valence-corrected chi connectivity index (χ4v) is 7.26. The number of carbonyl (C=O) groups excluding carboxylic acids is 4. The van der Waals surface area contributed by atoms with Gasteiger partial charge in [0.05, 0.1) is 24.8 Å². The standard InChI is InChI=1S/C23H30N2O9S2.Li.H/c1-5-33-20(28)14(21(29)34-6-2)10-15-23(12-32-4,22(30)31)11-24-18(27)17(19(24)36-15)25(13(3)26)16-8-7-9-35-16;;/h7-9,14-15,17,19H,5-6,10-12H2,1-4H3,(H,30,31);;/q;+1;-1/t15?,17?,19-,23?;;/m1../s1. The maximum absolute atomic E-state index is 13.2. The molecule has 0 aliphatic carbocycles. The van der Waals surface area contributed by atoms with Crippen LogP contribution in [-0.2, 0) is 38.2 Å². The zero-order valence-electron chi connectivity index (χ0n) is 22.5. The molecule has 0 saturated carbocycles. The topological polar surface area (TPSA) is 140 Å². The minimum absolute atomic E-state index is 0. The quantitative estimate of drug-likeness (QED) is 0.153. The van der Waals surface area contributed by atoms with Crippen molar-refractivity contribution < 1.29 is 63.6 Å². The van der Waals surface area contributed by atoms with Crippen molar-refractivity contribution in [3.05, 3.63) is 17.5 Å². The summed E-state index contributed by atoms with van der Waals surface area (Å²) in [7, 11) is 1.35. The molecule has 11 nitrogen and oxygen atoms in total. The fraction of sp³-hybridized carbons (Fsp3) is 0.609. The Morgan fingerprint density at radius 3 is 2.32 bits per heavy atom. The third kappa shape index (κ3) is 6.01. The number of esters is 2. The van der Waals surface area contributed by atoms with Gasteiger partial charge in [-0.1, -0.05) is 0 Å². The van der Waals surface area contributed by atoms with E-state index in [0.717, 1.165) is 11.8 Å². The number of anilines is 1. The summed E-state index contributed by atoms with van der Waals surface area (Å²) in [6, 6.07) is 2.66. The zero-order chi connectivity index (χ0) is 26.6. The van der Waals surface area contributed by atoms with Gasteiger partial charge in [0.1, 0.15) is 16.8 Å². The first-order valence-corrected chi connectivity index (χ1v) is 13.3. The molecule has 2 aliphatic heterocycles. The summed E-state index contributed by atoms with van der Waals surface area (Å²) in [5.41, 5.74) is -1.60. The maximum Gasteiger partial charge on any atom is 1.00 e. The van der Waals surface area contributed by atoms with Crippen molar-refractivity contribution in [2.45, 2.75) is 43.9 Å². The van der Waals surface area contributed by atoms with Crippen LogP contribution in [0.25, 0.3) is 0 Å². The van der Waals surface area contributed by atoms with E-state index in [1.807, 2.05) is 0 Å². The van der Waals surface area contributed by atoms with Crippen molar-refractivity contribution >= 4 is 57.8 Å². The van der Waals surface area contributed by atoms with Gasteiger partial charge in [0.25, 0.3) is 0 Å². The van der Waals surface area contributed by atoms with E-state index in [0.29, 0.717) is 5.00 Å². The Labute approximate surface area is 236 Å². The molecule has 14 heteroatoms. The number of carboxylic acids is 1. The normalized spacial score (nSPS) is 24.4. The van der Waals surface area contributed by atoms with Crippen molar-refractivity contribution in [2.24, 2.45) is 11.3 Å². The molecular formula is C23H31LiN2O9S2. The molecule has 3 unspecified atom stereocenters. The van der Waals surface area contributed by atoms with Crippen LogP contribution in [0, 0.1) is 11.3 Å². The molecule has 4 atom stereocenters. The summed E-state index contributed by atoms with van der Waals surface area (Å²) in [4.78, 5) is 66.5. The first-order chi connectivity index (χ1) is 17.1. The molecule has 0 radical (unpaired) electrons. The number of hydrogen-bond acceptors (Lipinski definition) is 10. The van der Waals surface area contributed by atoms with Crippen LogP contribution in [0.1, 0.15) is 28.6 Å². The average Bonchev–Trinajstić information content (AvgIpc) is 3.35. The van der Waals surface area contributed by atoms with Crippen LogP contribution in [0.4, 0.5) is 5.00 Å². The van der Waals surface area contributed by atoms with E-state index >= 15 is 0 Å². The van der Waals surface area contributed by atoms with E-state index in [1.54, 1.807) is 31.4 Å². The first kappa shape index (κ1) is 31.2. The number of aliphatic carboxylic acids is 1. The van der Waals surface area contributed by atoms with Gasteiger partial charge in [-0.15, -0.1) is 23.1 Å². The number of carboxylic acid groups (broad SMARTS) is 1. The second kappa shape index (κ2) is 13.2. The van der Waals surface area contributed by atoms with E-state index in [2.05, 4.69) is 0 Å². The van der Waals surface area contributed by atoms with E-state index < -0.39 is 45.9 Å². The molecule has 1 aromatic rings. The number of nitrogens with zero attached hydrogens (tertiary/aromatic N) is 2. The molecule has 200 valence electrons. The van der Waals surface area contributed by atoms with Gasteiger partial charge in [-0.2, -0.15) is 0 Å². The number of fused-ring (bicyclic) bond motifs is 1. The van der Waals surface area contributed by atoms with E-state index in [1.165, 1.54) is 35.2 Å². The number of ether oxygens (including phenoxy) is 3. The monoisotopic (exact) mass is 550 g/mol. The minimum Gasteiger partial charge on any atom is -1.00 e. The van der Waals surface area contributed by atoms with Crippen molar-refractivity contribution in [3.8, 4) is 0 Å². The van der Waals surface area contributed by atoms with E-state index in [4.69, 9.17) is 14.2 Å². The molecule has 37 heavy (non-hydrogen) atoms. The Morgan fingerprint density at radius 2 is 1.86 bits per heavy atom. The number of amides is 2. The largest absolute Gasteiger partial charge is 1.00 e. The summed E-state index contributed by atoms with van der Waals surface area (Å²) >= 11 is 2.46. The Balaban J connectivity index is 0.00000361. The minimum atomic E-state index is -1.60. The zero-order valence-corrected chi connectivity index (χ0v) is 23.1. The predicted octanol–water partition coefficient (Wildman–Crippen LogP) is -1.28. The molecule has 0 aromatic carbocycles. The van der Waals surface area contributed by atoms with Crippen LogP contribution in [0.3, 0.4) is 0 Å². The van der Waals surface area contributed by atoms with Gasteiger partial charge in [-0.3, -0.25) is 28.9 Å². The third-order valence-corrected chi connectivity index (χ3v) is 8.90. The molecule has 2 saturated heterocycles. The average molecular weight is 551 g/mol. The number of thioether (sulfide) groups is 1. The summed E-state index contributed by atoms with van der Waals surface area (Å²) in [5, 5.41) is 11.3. The SMILES string of the molecule is CCOC(=O)C(CC1S[C@@H]2C(N(C(C)=O)c3cccs3)C(=O)N2CC1(COC)C(=O)O)C(=O)OCC.[H-].[Li+]. The maximum atomic E-state index is 13.2. The molecular weight excluding hydrogens is 519 g/mol. The third-order valence-electron chi connectivity index (χ3n) is 6.27. The fourth-order valence-electron chi connectivity index (χ4n) is 4.59. The Morgan fingerprint density at radius 1 is 1.24 bits per heavy atom. The van der Waals surface area contributed by atoms with Gasteiger partial charge in [0.2, 0.25) is 11.8 Å². The van der Waals surface area contributed by atoms with E-state index in [9.17, 15) is 29.1 Å². The number of hydrogen-bond donors (Lipinski definition) is 1. The molecule has 2 aliphatic rings. The first-order valence-electron chi connectivity index (χ1n) is 11.5. The van der Waals surface area contributed by atoms with Gasteiger partial charge < -0.3 is 25.6 Å². The number of carbonyl (C=O) groups is 5. The molecule has 1 N–H and O–H groups in total. The van der Waals surface area contributed by atoms with Crippen LogP contribution in [0.5, 0.6) is 0 Å². The predicted molar refractivity (Wildman–Crippen MR) is 133 cm³/mol. The second-order valence-electron chi connectivity index (χ2n) is 8.45. The molecule has 2 amide bonds. The van der Waals surface area contributed by atoms with Crippen LogP contribution in [0.2, 0.25) is 0 Å². The van der Waals surface area contributed by atoms with Crippen LogP contribution >= 0.6 is 23.1 Å². The van der Waals surface area contributed by atoms with Crippen molar-refractivity contribution in [1.29, 1.82) is 0 Å². The number of methoxy groups -OCH3 is 1. The smallest absolute Gasteiger partial charge is 1.00 e. The van der Waals surface area contributed by atoms with Gasteiger partial charge in [-0.25, -0.2) is 0 Å². The molecule has 2 fully saturated rings. The molecule has 3 heterocycles. The Hall–Kier alpha value is -2.04. The number of thiophene rings is 1. The van der Waals surface area contributed by atoms with Crippen LogP contribution in [-0.4, -0.2) is 89.9 Å².